The highest BCUT2D eigenvalue weighted by molar-refractivity contribution is 5.85. The van der Waals surface area contributed by atoms with Crippen LogP contribution in [0.1, 0.15) is 12.8 Å². The van der Waals surface area contributed by atoms with Gasteiger partial charge in [-0.25, -0.2) is 9.97 Å². The first-order valence-electron chi connectivity index (χ1n) is 8.68. The van der Waals surface area contributed by atoms with Gasteiger partial charge in [0.1, 0.15) is 29.8 Å². The monoisotopic (exact) mass is 337 g/mol. The van der Waals surface area contributed by atoms with Gasteiger partial charge >= 0.3 is 0 Å². The summed E-state index contributed by atoms with van der Waals surface area (Å²) >= 11 is 0. The highest BCUT2D eigenvalue weighted by atomic mass is 16.5. The molecule has 3 aromatic rings. The van der Waals surface area contributed by atoms with Crippen LogP contribution in [0.3, 0.4) is 0 Å². The molecule has 0 amide bonds. The minimum atomic E-state index is 0.243. The molecule has 1 N–H and O–H groups in total. The van der Waals surface area contributed by atoms with Crippen LogP contribution in [-0.2, 0) is 0 Å². The molecule has 25 heavy (non-hydrogen) atoms. The van der Waals surface area contributed by atoms with E-state index in [9.17, 15) is 0 Å². The lowest BCUT2D eigenvalue weighted by molar-refractivity contribution is 0.173. The predicted molar refractivity (Wildman–Crippen MR) is 101 cm³/mol. The quantitative estimate of drug-likeness (QED) is 0.793. The maximum absolute atomic E-state index is 6.29. The van der Waals surface area contributed by atoms with E-state index in [1.165, 1.54) is 0 Å². The van der Waals surface area contributed by atoms with E-state index >= 15 is 0 Å². The van der Waals surface area contributed by atoms with Crippen LogP contribution >= 0.6 is 0 Å². The SMILES string of the molecule is CN(C)c1cc(N2CCC(Oc3cccc4[nH]ccc34)CC2)ncn1. The third kappa shape index (κ3) is 3.24. The van der Waals surface area contributed by atoms with Gasteiger partial charge < -0.3 is 19.5 Å². The van der Waals surface area contributed by atoms with Crippen molar-refractivity contribution in [2.45, 2.75) is 18.9 Å². The molecule has 2 aromatic heterocycles. The van der Waals surface area contributed by atoms with Crippen LogP contribution in [-0.4, -0.2) is 48.2 Å². The van der Waals surface area contributed by atoms with Crippen molar-refractivity contribution < 1.29 is 4.74 Å². The fraction of sp³-hybridized carbons (Fsp3) is 0.368. The standard InChI is InChI=1S/C19H23N5O/c1-23(2)18-12-19(22-13-21-18)24-10-7-14(8-11-24)25-17-5-3-4-16-15(17)6-9-20-16/h3-6,9,12-14,20H,7-8,10-11H2,1-2H3. The molecule has 4 rings (SSSR count). The molecule has 3 heterocycles. The Labute approximate surface area is 147 Å². The zero-order chi connectivity index (χ0) is 17.2. The fourth-order valence-electron chi connectivity index (χ4n) is 3.30. The number of piperidine rings is 1. The van der Waals surface area contributed by atoms with Gasteiger partial charge in [-0.05, 0) is 18.2 Å². The van der Waals surface area contributed by atoms with Crippen molar-refractivity contribution >= 4 is 22.5 Å². The molecule has 1 aliphatic heterocycles. The number of hydrogen-bond acceptors (Lipinski definition) is 5. The molecule has 0 bridgehead atoms. The van der Waals surface area contributed by atoms with Gasteiger partial charge in [-0.15, -0.1) is 0 Å². The van der Waals surface area contributed by atoms with E-state index < -0.39 is 0 Å². The summed E-state index contributed by atoms with van der Waals surface area (Å²) in [6.07, 6.45) is 5.81. The summed E-state index contributed by atoms with van der Waals surface area (Å²) in [5.41, 5.74) is 1.12. The second kappa shape index (κ2) is 6.63. The molecule has 130 valence electrons. The molecule has 1 aliphatic rings. The molecule has 0 aliphatic carbocycles. The summed E-state index contributed by atoms with van der Waals surface area (Å²) in [5, 5.41) is 1.15. The number of aromatic nitrogens is 3. The average Bonchev–Trinajstić information content (AvgIpc) is 3.12. The second-order valence-corrected chi connectivity index (χ2v) is 6.63. The van der Waals surface area contributed by atoms with Crippen LogP contribution in [0.25, 0.3) is 10.9 Å². The third-order valence-electron chi connectivity index (χ3n) is 4.71. The largest absolute Gasteiger partial charge is 0.490 e. The molecule has 1 fully saturated rings. The molecule has 1 saturated heterocycles. The highest BCUT2D eigenvalue weighted by Crippen LogP contribution is 2.28. The van der Waals surface area contributed by atoms with E-state index in [1.807, 2.05) is 37.3 Å². The summed E-state index contributed by atoms with van der Waals surface area (Å²) in [6, 6.07) is 10.3. The van der Waals surface area contributed by atoms with E-state index in [-0.39, 0.29) is 6.10 Å². The van der Waals surface area contributed by atoms with Gasteiger partial charge in [-0.3, -0.25) is 0 Å². The minimum absolute atomic E-state index is 0.243. The van der Waals surface area contributed by atoms with Crippen molar-refractivity contribution in [1.29, 1.82) is 0 Å². The molecule has 0 unspecified atom stereocenters. The Morgan fingerprint density at radius 3 is 2.80 bits per heavy atom. The highest BCUT2D eigenvalue weighted by Gasteiger charge is 2.22. The summed E-state index contributed by atoms with van der Waals surface area (Å²) < 4.78 is 6.29. The number of rotatable bonds is 4. The van der Waals surface area contributed by atoms with Crippen molar-refractivity contribution in [3.63, 3.8) is 0 Å². The number of nitrogens with one attached hydrogen (secondary N) is 1. The number of benzene rings is 1. The maximum Gasteiger partial charge on any atom is 0.134 e. The summed E-state index contributed by atoms with van der Waals surface area (Å²) in [4.78, 5) is 16.3. The maximum atomic E-state index is 6.29. The Hall–Kier alpha value is -2.76. The van der Waals surface area contributed by atoms with Crippen molar-refractivity contribution in [1.82, 2.24) is 15.0 Å². The van der Waals surface area contributed by atoms with Crippen molar-refractivity contribution in [3.05, 3.63) is 42.9 Å². The van der Waals surface area contributed by atoms with Crippen LogP contribution in [0.5, 0.6) is 5.75 Å². The Morgan fingerprint density at radius 2 is 2.00 bits per heavy atom. The fourth-order valence-corrected chi connectivity index (χ4v) is 3.30. The van der Waals surface area contributed by atoms with Crippen LogP contribution in [0, 0.1) is 0 Å². The first-order valence-corrected chi connectivity index (χ1v) is 8.68. The molecule has 6 nitrogen and oxygen atoms in total. The molecule has 6 heteroatoms. The van der Waals surface area contributed by atoms with E-state index in [1.54, 1.807) is 6.33 Å². The first kappa shape index (κ1) is 15.7. The lowest BCUT2D eigenvalue weighted by Crippen LogP contribution is -2.38. The third-order valence-corrected chi connectivity index (χ3v) is 4.71. The Kier molecular flexibility index (Phi) is 4.17. The Balaban J connectivity index is 1.42. The molecule has 1 aromatic carbocycles. The first-order chi connectivity index (χ1) is 12.2. The molecular weight excluding hydrogens is 314 g/mol. The van der Waals surface area contributed by atoms with Gasteiger partial charge in [0, 0.05) is 63.2 Å². The van der Waals surface area contributed by atoms with Gasteiger partial charge in [0.2, 0.25) is 0 Å². The molecule has 0 radical (unpaired) electrons. The average molecular weight is 337 g/mol. The van der Waals surface area contributed by atoms with Crippen LogP contribution in [0.4, 0.5) is 11.6 Å². The lowest BCUT2D eigenvalue weighted by atomic mass is 10.1. The van der Waals surface area contributed by atoms with Crippen LogP contribution in [0.2, 0.25) is 0 Å². The number of H-pyrrole nitrogens is 1. The van der Waals surface area contributed by atoms with Crippen LogP contribution in [0.15, 0.2) is 42.9 Å². The van der Waals surface area contributed by atoms with E-state index in [0.717, 1.165) is 54.2 Å². The Bertz CT molecular complexity index is 852. The second-order valence-electron chi connectivity index (χ2n) is 6.63. The van der Waals surface area contributed by atoms with E-state index in [2.05, 4.69) is 38.1 Å². The van der Waals surface area contributed by atoms with E-state index in [0.29, 0.717) is 0 Å². The number of nitrogens with zero attached hydrogens (tertiary/aromatic N) is 4. The number of hydrogen-bond donors (Lipinski definition) is 1. The summed E-state index contributed by atoms with van der Waals surface area (Å²) in [7, 11) is 3.99. The zero-order valence-corrected chi connectivity index (χ0v) is 14.6. The zero-order valence-electron chi connectivity index (χ0n) is 14.6. The number of anilines is 2. The van der Waals surface area contributed by atoms with Gasteiger partial charge in [0.25, 0.3) is 0 Å². The molecule has 0 spiro atoms. The molecule has 0 saturated carbocycles. The number of aromatic amines is 1. The number of fused-ring (bicyclic) bond motifs is 1. The molecule has 0 atom stereocenters. The van der Waals surface area contributed by atoms with Crippen LogP contribution < -0.4 is 14.5 Å². The van der Waals surface area contributed by atoms with E-state index in [4.69, 9.17) is 4.74 Å². The summed E-state index contributed by atoms with van der Waals surface area (Å²) in [6.45, 7) is 1.88. The van der Waals surface area contributed by atoms with Crippen molar-refractivity contribution in [2.24, 2.45) is 0 Å². The number of ether oxygens (including phenoxy) is 1. The van der Waals surface area contributed by atoms with Gasteiger partial charge in [-0.2, -0.15) is 0 Å². The van der Waals surface area contributed by atoms with Gasteiger partial charge in [0.15, 0.2) is 0 Å². The Morgan fingerprint density at radius 1 is 1.16 bits per heavy atom. The minimum Gasteiger partial charge on any atom is -0.490 e. The normalized spacial score (nSPS) is 15.5. The van der Waals surface area contributed by atoms with Crippen molar-refractivity contribution in [3.8, 4) is 5.75 Å². The van der Waals surface area contributed by atoms with Crippen molar-refractivity contribution in [2.75, 3.05) is 37.0 Å². The summed E-state index contributed by atoms with van der Waals surface area (Å²) in [5.74, 6) is 2.89. The van der Waals surface area contributed by atoms with Gasteiger partial charge in [-0.1, -0.05) is 6.07 Å². The smallest absolute Gasteiger partial charge is 0.134 e. The topological polar surface area (TPSA) is 57.3 Å². The van der Waals surface area contributed by atoms with Gasteiger partial charge in [0.05, 0.1) is 0 Å². The predicted octanol–water partition coefficient (Wildman–Crippen LogP) is 3.07. The molecular formula is C19H23N5O. The lowest BCUT2D eigenvalue weighted by Gasteiger charge is -2.33.